The summed E-state index contributed by atoms with van der Waals surface area (Å²) in [5.74, 6) is -5.18. The van der Waals surface area contributed by atoms with E-state index in [0.29, 0.717) is 25.0 Å². The Morgan fingerprint density at radius 3 is 2.20 bits per heavy atom. The largest absolute Gasteiger partial charge is 0.481 e. The number of aromatic nitrogens is 3. The predicted octanol–water partition coefficient (Wildman–Crippen LogP) is -2.46. The van der Waals surface area contributed by atoms with Gasteiger partial charge in [-0.15, -0.1) is 18.3 Å². The lowest BCUT2D eigenvalue weighted by Gasteiger charge is -2.44. The van der Waals surface area contributed by atoms with E-state index in [0.717, 1.165) is 0 Å². The van der Waals surface area contributed by atoms with Gasteiger partial charge in [0.05, 0.1) is 69.6 Å². The Morgan fingerprint density at radius 2 is 1.56 bits per heavy atom. The first kappa shape index (κ1) is 50.6. The fraction of sp³-hybridized carbons (Fsp3) is 0.711. The summed E-state index contributed by atoms with van der Waals surface area (Å²) in [6.45, 7) is 7.00. The number of likely N-dealkylation sites (tertiary alicyclic amines) is 1. The van der Waals surface area contributed by atoms with E-state index < -0.39 is 110 Å². The van der Waals surface area contributed by atoms with Crippen LogP contribution in [0.25, 0.3) is 0 Å². The molecule has 0 bridgehead atoms. The summed E-state index contributed by atoms with van der Waals surface area (Å²) in [5.41, 5.74) is 0.399. The molecule has 1 aromatic heterocycles. The number of nitrogens with zero attached hydrogens (tertiary/aromatic N) is 5. The molecule has 4 aliphatic rings. The van der Waals surface area contributed by atoms with E-state index in [2.05, 4.69) is 33.4 Å². The number of carbonyl (C=O) groups excluding carboxylic acids is 3. The number of hydrogen-bond donors (Lipinski definition) is 7. The van der Waals surface area contributed by atoms with Crippen molar-refractivity contribution in [3.05, 3.63) is 37.2 Å². The number of carbonyl (C=O) groups is 5. The fourth-order valence-corrected chi connectivity index (χ4v) is 7.77. The zero-order chi connectivity index (χ0) is 46.7. The molecule has 0 spiro atoms. The highest BCUT2D eigenvalue weighted by Gasteiger charge is 2.58. The zero-order valence-corrected chi connectivity index (χ0v) is 34.5. The van der Waals surface area contributed by atoms with Crippen LogP contribution in [-0.2, 0) is 75.4 Å². The van der Waals surface area contributed by atoms with Gasteiger partial charge in [-0.3, -0.25) is 24.1 Å². The van der Waals surface area contributed by atoms with Gasteiger partial charge in [0.1, 0.15) is 48.9 Å². The molecule has 4 aliphatic heterocycles. The van der Waals surface area contributed by atoms with Crippen LogP contribution in [0.15, 0.2) is 31.5 Å². The van der Waals surface area contributed by atoms with Crippen LogP contribution in [0, 0.1) is 11.8 Å². The van der Waals surface area contributed by atoms with Crippen molar-refractivity contribution >= 4 is 29.7 Å². The lowest BCUT2D eigenvalue weighted by molar-refractivity contribution is -0.498. The topological polar surface area (TPSA) is 338 Å². The number of fused-ring (bicyclic) bond motifs is 1. The number of aliphatic hydroxyl groups is 4. The molecule has 25 nitrogen and oxygen atoms in total. The molecule has 7 N–H and O–H groups in total. The molecular weight excluding hydrogens is 865 g/mol. The quantitative estimate of drug-likeness (QED) is 0.0167. The molecule has 26 heteroatoms. The number of carboxylic acid groups (broad SMARTS) is 2. The summed E-state index contributed by atoms with van der Waals surface area (Å²) in [5, 5.41) is 80.3. The molecule has 4 unspecified atom stereocenters. The smallest absolute Gasteiger partial charge is 0.335 e. The first-order valence-electron chi connectivity index (χ1n) is 20.4. The molecule has 1 aromatic rings. The molecule has 3 amide bonds. The van der Waals surface area contributed by atoms with Crippen molar-refractivity contribution in [1.82, 2.24) is 24.8 Å². The average Bonchev–Trinajstić information content (AvgIpc) is 3.96. The van der Waals surface area contributed by atoms with Crippen molar-refractivity contribution < 1.29 is 103 Å². The Balaban J connectivity index is 1.04. The van der Waals surface area contributed by atoms with Crippen LogP contribution in [0.1, 0.15) is 37.8 Å². The molecule has 4 fully saturated rings. The maximum absolute atomic E-state index is 14.8. The highest BCUT2D eigenvalue weighted by atomic mass is 19.1. The van der Waals surface area contributed by atoms with E-state index in [-0.39, 0.29) is 70.7 Å². The van der Waals surface area contributed by atoms with Gasteiger partial charge in [-0.2, -0.15) is 0 Å². The minimum Gasteiger partial charge on any atom is -0.481 e. The number of halogens is 1. The molecule has 0 saturated carbocycles. The van der Waals surface area contributed by atoms with E-state index in [1.165, 1.54) is 26.6 Å². The molecule has 358 valence electrons. The third-order valence-corrected chi connectivity index (χ3v) is 11.1. The predicted molar refractivity (Wildman–Crippen MR) is 204 cm³/mol. The zero-order valence-electron chi connectivity index (χ0n) is 34.5. The number of hydrogen-bond acceptors (Lipinski definition) is 20. The summed E-state index contributed by atoms with van der Waals surface area (Å²) >= 11 is 0. The fourth-order valence-electron chi connectivity index (χ4n) is 7.77. The van der Waals surface area contributed by atoms with Gasteiger partial charge in [0.25, 0.3) is 0 Å². The Kier molecular flexibility index (Phi) is 18.7. The first-order valence-corrected chi connectivity index (χ1v) is 20.4. The van der Waals surface area contributed by atoms with Crippen molar-refractivity contribution in [1.29, 1.82) is 0 Å². The van der Waals surface area contributed by atoms with E-state index in [4.69, 9.17) is 38.8 Å². The highest BCUT2D eigenvalue weighted by Crippen LogP contribution is 2.41. The van der Waals surface area contributed by atoms with Crippen LogP contribution in [0.4, 0.5) is 4.39 Å². The van der Waals surface area contributed by atoms with E-state index in [9.17, 15) is 53.9 Å². The summed E-state index contributed by atoms with van der Waals surface area (Å²) in [6.07, 6.45) is -15.5. The SMILES string of the molecule is C=C[C@@H]1O[C@H](C=C)[C@@H]2C(=O)N(CCCCCN(Cc3cn(CCOCCO[C@@H]4OC(C(=O)O)[C@@H](O[C@H]5OC(COOO)[C@@H](O)[C@H](O)C5F)[C@H](O)C4O)nn3)C(=O)CCC(=O)O)C(=O)[C@@H]21. The number of unbranched alkanes of at least 4 members (excludes halogenated alkanes) is 2. The van der Waals surface area contributed by atoms with Gasteiger partial charge in [0, 0.05) is 19.5 Å². The lowest BCUT2D eigenvalue weighted by Crippen LogP contribution is -2.64. The normalized spacial score (nSPS) is 32.7. The van der Waals surface area contributed by atoms with Gasteiger partial charge in [-0.1, -0.05) is 22.4 Å². The molecule has 0 radical (unpaired) electrons. The molecule has 5 rings (SSSR count). The van der Waals surface area contributed by atoms with Crippen LogP contribution in [0.5, 0.6) is 0 Å². The number of amides is 3. The Labute approximate surface area is 364 Å². The molecule has 5 heterocycles. The second-order valence-electron chi connectivity index (χ2n) is 15.3. The Hall–Kier alpha value is -4.42. The van der Waals surface area contributed by atoms with Crippen LogP contribution in [0.3, 0.4) is 0 Å². The number of alkyl halides is 1. The van der Waals surface area contributed by atoms with Crippen molar-refractivity contribution in [3.8, 4) is 0 Å². The summed E-state index contributed by atoms with van der Waals surface area (Å²) in [6, 6.07) is 0. The Bertz CT molecular complexity index is 1740. The monoisotopic (exact) mass is 919 g/mol. The summed E-state index contributed by atoms with van der Waals surface area (Å²) in [7, 11) is 0. The maximum Gasteiger partial charge on any atom is 0.335 e. The third-order valence-electron chi connectivity index (χ3n) is 11.1. The number of carboxylic acids is 2. The third kappa shape index (κ3) is 12.3. The minimum absolute atomic E-state index is 0.0208. The second kappa shape index (κ2) is 23.7. The van der Waals surface area contributed by atoms with Gasteiger partial charge in [-0.05, 0) is 19.3 Å². The van der Waals surface area contributed by atoms with Crippen molar-refractivity contribution in [2.45, 2.75) is 119 Å². The van der Waals surface area contributed by atoms with Gasteiger partial charge in [0.15, 0.2) is 24.9 Å². The molecule has 4 saturated heterocycles. The standard InChI is InChI=1S/C38H54FN5O20/c1-3-20-25-26(21(4-2)60-20)35(53)44(34(25)52)11-7-5-6-10-42(23(45)8-9-24(46)47)16-19-17-43(41-40-19)12-13-57-14-15-58-38-31(51)30(50)32(33(63-38)36(54)55)62-37-27(39)29(49)28(48)22(61-37)18-59-64-56/h3-4,17,20-22,25-33,37-38,48-51,56H,1-2,5-16,18H2,(H,46,47)(H,54,55)/t20-,21+,22?,25+,26-,27?,28-,29-,30-,31?,32+,33?,37-,38-/m1/s1. The van der Waals surface area contributed by atoms with Crippen LogP contribution >= 0.6 is 0 Å². The number of aliphatic hydroxyl groups excluding tert-OH is 4. The van der Waals surface area contributed by atoms with Crippen LogP contribution in [0.2, 0.25) is 0 Å². The van der Waals surface area contributed by atoms with Gasteiger partial charge in [0.2, 0.25) is 17.7 Å². The second-order valence-corrected chi connectivity index (χ2v) is 15.3. The van der Waals surface area contributed by atoms with Crippen molar-refractivity contribution in [3.63, 3.8) is 0 Å². The van der Waals surface area contributed by atoms with Crippen molar-refractivity contribution in [2.75, 3.05) is 39.5 Å². The first-order chi connectivity index (χ1) is 30.6. The van der Waals surface area contributed by atoms with Gasteiger partial charge >= 0.3 is 11.9 Å². The summed E-state index contributed by atoms with van der Waals surface area (Å²) in [4.78, 5) is 69.4. The van der Waals surface area contributed by atoms with Gasteiger partial charge < -0.3 is 64.0 Å². The minimum atomic E-state index is -2.46. The molecule has 64 heavy (non-hydrogen) atoms. The average molecular weight is 920 g/mol. The van der Waals surface area contributed by atoms with Gasteiger partial charge in [-0.25, -0.2) is 24.0 Å². The molecule has 14 atom stereocenters. The highest BCUT2D eigenvalue weighted by molar-refractivity contribution is 6.06. The Morgan fingerprint density at radius 1 is 0.859 bits per heavy atom. The number of aliphatic carboxylic acids is 2. The number of ether oxygens (including phenoxy) is 6. The van der Waals surface area contributed by atoms with E-state index >= 15 is 0 Å². The summed E-state index contributed by atoms with van der Waals surface area (Å²) < 4.78 is 48.7. The van der Waals surface area contributed by atoms with E-state index in [1.807, 2.05) is 0 Å². The molecule has 0 aromatic carbocycles. The molecular formula is C38H54FN5O20. The van der Waals surface area contributed by atoms with Crippen molar-refractivity contribution in [2.24, 2.45) is 11.8 Å². The van der Waals surface area contributed by atoms with Crippen LogP contribution < -0.4 is 0 Å². The lowest BCUT2D eigenvalue weighted by atomic mass is 9.89. The molecule has 0 aliphatic carbocycles. The number of rotatable bonds is 26. The maximum atomic E-state index is 14.8. The van der Waals surface area contributed by atoms with E-state index in [1.54, 1.807) is 6.20 Å². The van der Waals surface area contributed by atoms with Crippen LogP contribution in [-0.4, -0.2) is 204 Å². The number of imide groups is 1.